The fourth-order valence-electron chi connectivity index (χ4n) is 2.93. The summed E-state index contributed by atoms with van der Waals surface area (Å²) in [6, 6.07) is 8.73. The molecule has 4 nitrogen and oxygen atoms in total. The molecule has 2 aromatic carbocycles. The zero-order valence-electron chi connectivity index (χ0n) is 17.9. The first-order valence-electron chi connectivity index (χ1n) is 9.17. The van der Waals surface area contributed by atoms with Gasteiger partial charge < -0.3 is 14.2 Å². The molecule has 0 fully saturated rings. The van der Waals surface area contributed by atoms with Gasteiger partial charge in [-0.15, -0.1) is 0 Å². The van der Waals surface area contributed by atoms with Crippen LogP contribution in [0.25, 0.3) is 0 Å². The second kappa shape index (κ2) is 8.04. The Balaban J connectivity index is 2.67. The number of hydrogen-bond donors (Lipinski definition) is 0. The predicted octanol–water partition coefficient (Wildman–Crippen LogP) is 6.17. The molecule has 0 aliphatic rings. The maximum absolute atomic E-state index is 13.1. The van der Waals surface area contributed by atoms with Crippen LogP contribution in [0.15, 0.2) is 30.3 Å². The summed E-state index contributed by atoms with van der Waals surface area (Å²) in [4.78, 5) is 13.1. The van der Waals surface area contributed by atoms with Crippen molar-refractivity contribution < 1.29 is 19.0 Å². The molecule has 0 saturated heterocycles. The summed E-state index contributed by atoms with van der Waals surface area (Å²) in [6.45, 7) is 12.4. The fraction of sp³-hybridized carbons (Fsp3) is 0.435. The summed E-state index contributed by atoms with van der Waals surface area (Å²) in [5.41, 5.74) is 1.55. The van der Waals surface area contributed by atoms with Crippen LogP contribution in [0.3, 0.4) is 0 Å². The Labute approximate surface area is 172 Å². The molecule has 152 valence electrons. The van der Waals surface area contributed by atoms with Crippen molar-refractivity contribution in [3.05, 3.63) is 52.0 Å². The maximum Gasteiger partial charge on any atom is 0.347 e. The van der Waals surface area contributed by atoms with Gasteiger partial charge >= 0.3 is 5.97 Å². The number of esters is 1. The van der Waals surface area contributed by atoms with Crippen molar-refractivity contribution in [3.8, 4) is 17.2 Å². The van der Waals surface area contributed by atoms with Crippen LogP contribution in [0, 0.1) is 0 Å². The average molecular weight is 405 g/mol. The van der Waals surface area contributed by atoms with Crippen molar-refractivity contribution >= 4 is 17.6 Å². The second-order valence-electron chi connectivity index (χ2n) is 8.79. The van der Waals surface area contributed by atoms with Gasteiger partial charge in [0.1, 0.15) is 22.8 Å². The van der Waals surface area contributed by atoms with E-state index < -0.39 is 5.97 Å². The molecule has 5 heteroatoms. The van der Waals surface area contributed by atoms with E-state index in [1.54, 1.807) is 25.3 Å². The highest BCUT2D eigenvalue weighted by atomic mass is 35.5. The molecule has 0 saturated carbocycles. The standard InChI is InChI=1S/C23H29ClO4/c1-22(2,3)17-12-15(26-7)13-18(23(4,5)6)20(17)28-21(25)16-11-14(24)9-10-19(16)27-8/h9-13H,1-8H3. The highest BCUT2D eigenvalue weighted by Crippen LogP contribution is 2.43. The average Bonchev–Trinajstić information content (AvgIpc) is 2.59. The van der Waals surface area contributed by atoms with Crippen molar-refractivity contribution in [2.45, 2.75) is 52.4 Å². The Morgan fingerprint density at radius 3 is 1.82 bits per heavy atom. The molecule has 0 atom stereocenters. The van der Waals surface area contributed by atoms with Gasteiger partial charge in [0.25, 0.3) is 0 Å². The van der Waals surface area contributed by atoms with Gasteiger partial charge in [0.15, 0.2) is 0 Å². The van der Waals surface area contributed by atoms with E-state index in [4.69, 9.17) is 25.8 Å². The van der Waals surface area contributed by atoms with Crippen LogP contribution in [-0.2, 0) is 10.8 Å². The Kier molecular flexibility index (Phi) is 6.34. The second-order valence-corrected chi connectivity index (χ2v) is 9.22. The molecule has 0 unspecified atom stereocenters. The Bertz CT molecular complexity index is 838. The number of benzene rings is 2. The lowest BCUT2D eigenvalue weighted by molar-refractivity contribution is 0.0725. The normalized spacial score (nSPS) is 11.9. The van der Waals surface area contributed by atoms with Gasteiger partial charge in [-0.25, -0.2) is 4.79 Å². The summed E-state index contributed by atoms with van der Waals surface area (Å²) in [6.07, 6.45) is 0. The van der Waals surface area contributed by atoms with Crippen molar-refractivity contribution in [1.29, 1.82) is 0 Å². The molecule has 0 aromatic heterocycles. The molecule has 28 heavy (non-hydrogen) atoms. The van der Waals surface area contributed by atoms with Crippen LogP contribution in [0.1, 0.15) is 63.0 Å². The van der Waals surface area contributed by atoms with Gasteiger partial charge in [0.2, 0.25) is 0 Å². The van der Waals surface area contributed by atoms with E-state index in [9.17, 15) is 4.79 Å². The van der Waals surface area contributed by atoms with E-state index in [1.165, 1.54) is 7.11 Å². The molecule has 0 radical (unpaired) electrons. The summed E-state index contributed by atoms with van der Waals surface area (Å²) in [7, 11) is 3.14. The lowest BCUT2D eigenvalue weighted by Gasteiger charge is -2.29. The summed E-state index contributed by atoms with van der Waals surface area (Å²) in [5, 5.41) is 0.439. The molecule has 0 N–H and O–H groups in total. The Hall–Kier alpha value is -2.20. The smallest absolute Gasteiger partial charge is 0.347 e. The molecular formula is C23H29ClO4. The predicted molar refractivity (Wildman–Crippen MR) is 113 cm³/mol. The Morgan fingerprint density at radius 1 is 0.857 bits per heavy atom. The minimum absolute atomic E-state index is 0.261. The quantitative estimate of drug-likeness (QED) is 0.451. The molecular weight excluding hydrogens is 376 g/mol. The number of hydrogen-bond acceptors (Lipinski definition) is 4. The van der Waals surface area contributed by atoms with Gasteiger partial charge in [0, 0.05) is 16.1 Å². The third-order valence-electron chi connectivity index (χ3n) is 4.49. The van der Waals surface area contributed by atoms with Gasteiger partial charge in [-0.1, -0.05) is 53.1 Å². The van der Waals surface area contributed by atoms with Crippen LogP contribution in [0.4, 0.5) is 0 Å². The minimum atomic E-state index is -0.513. The van der Waals surface area contributed by atoms with Crippen LogP contribution in [0.5, 0.6) is 17.2 Å². The van der Waals surface area contributed by atoms with Crippen molar-refractivity contribution in [2.75, 3.05) is 14.2 Å². The first kappa shape index (κ1) is 22.1. The third-order valence-corrected chi connectivity index (χ3v) is 4.73. The van der Waals surface area contributed by atoms with E-state index >= 15 is 0 Å². The molecule has 0 spiro atoms. The van der Waals surface area contributed by atoms with Crippen molar-refractivity contribution in [2.24, 2.45) is 0 Å². The lowest BCUT2D eigenvalue weighted by Crippen LogP contribution is -2.22. The summed E-state index contributed by atoms with van der Waals surface area (Å²) < 4.78 is 16.8. The van der Waals surface area contributed by atoms with Crippen molar-refractivity contribution in [3.63, 3.8) is 0 Å². The molecule has 0 bridgehead atoms. The van der Waals surface area contributed by atoms with E-state index in [1.807, 2.05) is 12.1 Å². The number of rotatable bonds is 4. The highest BCUT2D eigenvalue weighted by molar-refractivity contribution is 6.31. The zero-order chi connectivity index (χ0) is 21.3. The first-order chi connectivity index (χ1) is 12.9. The number of carbonyl (C=O) groups is 1. The molecule has 0 aliphatic heterocycles. The third kappa shape index (κ3) is 4.79. The number of ether oxygens (including phenoxy) is 3. The SMILES string of the molecule is COc1cc(C(C)(C)C)c(OC(=O)c2cc(Cl)ccc2OC)c(C(C)(C)C)c1. The molecule has 0 aliphatic carbocycles. The molecule has 2 rings (SSSR count). The maximum atomic E-state index is 13.1. The van der Waals surface area contributed by atoms with Gasteiger partial charge in [-0.2, -0.15) is 0 Å². The van der Waals surface area contributed by atoms with Gasteiger partial charge in [-0.3, -0.25) is 0 Å². The van der Waals surface area contributed by atoms with Crippen molar-refractivity contribution in [1.82, 2.24) is 0 Å². The first-order valence-corrected chi connectivity index (χ1v) is 9.55. The minimum Gasteiger partial charge on any atom is -0.497 e. The zero-order valence-corrected chi connectivity index (χ0v) is 18.7. The van der Waals surface area contributed by atoms with Crippen LogP contribution < -0.4 is 14.2 Å². The number of halogens is 1. The lowest BCUT2D eigenvalue weighted by atomic mass is 9.79. The van der Waals surface area contributed by atoms with Crippen LogP contribution in [0.2, 0.25) is 5.02 Å². The van der Waals surface area contributed by atoms with Crippen LogP contribution in [-0.4, -0.2) is 20.2 Å². The Morgan fingerprint density at radius 2 is 1.39 bits per heavy atom. The van der Waals surface area contributed by atoms with E-state index in [0.717, 1.165) is 16.9 Å². The van der Waals surface area contributed by atoms with E-state index in [2.05, 4.69) is 41.5 Å². The molecule has 2 aromatic rings. The summed E-state index contributed by atoms with van der Waals surface area (Å²) in [5.74, 6) is 1.18. The molecule has 0 heterocycles. The molecule has 0 amide bonds. The largest absolute Gasteiger partial charge is 0.497 e. The van der Waals surface area contributed by atoms with Crippen LogP contribution >= 0.6 is 11.6 Å². The fourth-order valence-corrected chi connectivity index (χ4v) is 3.10. The highest BCUT2D eigenvalue weighted by Gasteiger charge is 2.30. The monoisotopic (exact) mass is 404 g/mol. The summed E-state index contributed by atoms with van der Waals surface area (Å²) >= 11 is 6.09. The van der Waals surface area contributed by atoms with Gasteiger partial charge in [-0.05, 0) is 41.2 Å². The number of carbonyl (C=O) groups excluding carboxylic acids is 1. The van der Waals surface area contributed by atoms with E-state index in [-0.39, 0.29) is 16.4 Å². The number of methoxy groups -OCH3 is 2. The van der Waals surface area contributed by atoms with Gasteiger partial charge in [0.05, 0.1) is 14.2 Å². The topological polar surface area (TPSA) is 44.8 Å². The van der Waals surface area contributed by atoms with E-state index in [0.29, 0.717) is 16.5 Å².